The van der Waals surface area contributed by atoms with Gasteiger partial charge in [-0.05, 0) is 57.0 Å². The lowest BCUT2D eigenvalue weighted by Gasteiger charge is -2.22. The van der Waals surface area contributed by atoms with Crippen molar-refractivity contribution >= 4 is 23.3 Å². The Kier molecular flexibility index (Phi) is 5.61. The van der Waals surface area contributed by atoms with E-state index in [1.807, 2.05) is 6.92 Å². The number of anilines is 2. The third-order valence-electron chi connectivity index (χ3n) is 4.57. The second-order valence-corrected chi connectivity index (χ2v) is 6.79. The first-order valence-corrected chi connectivity index (χ1v) is 9.06. The lowest BCUT2D eigenvalue weighted by molar-refractivity contribution is 0.0921. The van der Waals surface area contributed by atoms with Crippen molar-refractivity contribution in [2.45, 2.75) is 52.0 Å². The summed E-state index contributed by atoms with van der Waals surface area (Å²) in [6.07, 6.45) is 5.63. The second kappa shape index (κ2) is 8.08. The zero-order chi connectivity index (χ0) is 18.5. The summed E-state index contributed by atoms with van der Waals surface area (Å²) in [5.74, 6) is 0.233. The molecule has 0 aliphatic heterocycles. The van der Waals surface area contributed by atoms with Crippen LogP contribution in [0.1, 0.15) is 65.6 Å². The van der Waals surface area contributed by atoms with Crippen molar-refractivity contribution in [3.63, 3.8) is 0 Å². The predicted molar refractivity (Wildman–Crippen MR) is 101 cm³/mol. The van der Waals surface area contributed by atoms with Gasteiger partial charge in [-0.15, -0.1) is 0 Å². The van der Waals surface area contributed by atoms with Crippen LogP contribution >= 0.6 is 0 Å². The van der Waals surface area contributed by atoms with Gasteiger partial charge in [0, 0.05) is 23.0 Å². The van der Waals surface area contributed by atoms with Crippen molar-refractivity contribution in [2.24, 2.45) is 0 Å². The number of Topliss-reactive ketones (excluding diaryl/α,β-unsaturated/α-hetero) is 1. The van der Waals surface area contributed by atoms with Crippen molar-refractivity contribution in [1.29, 1.82) is 0 Å². The smallest absolute Gasteiger partial charge is 0.270 e. The minimum Gasteiger partial charge on any atom is -0.348 e. The molecule has 1 saturated carbocycles. The van der Waals surface area contributed by atoms with E-state index in [4.69, 9.17) is 0 Å². The van der Waals surface area contributed by atoms with E-state index in [0.29, 0.717) is 17.2 Å². The summed E-state index contributed by atoms with van der Waals surface area (Å²) in [6, 6.07) is 9.02. The quantitative estimate of drug-likeness (QED) is 0.800. The van der Waals surface area contributed by atoms with Crippen LogP contribution in [-0.4, -0.2) is 27.7 Å². The first-order valence-electron chi connectivity index (χ1n) is 9.06. The molecule has 1 heterocycles. The average Bonchev–Trinajstić information content (AvgIpc) is 2.62. The molecule has 0 atom stereocenters. The maximum absolute atomic E-state index is 12.5. The fourth-order valence-corrected chi connectivity index (χ4v) is 3.16. The number of hydrogen-bond donors (Lipinski definition) is 2. The number of carbonyl (C=O) groups excluding carboxylic acids is 2. The zero-order valence-electron chi connectivity index (χ0n) is 15.2. The van der Waals surface area contributed by atoms with Gasteiger partial charge in [-0.3, -0.25) is 9.59 Å². The molecule has 1 aliphatic rings. The normalized spacial score (nSPS) is 14.7. The van der Waals surface area contributed by atoms with Crippen LogP contribution < -0.4 is 10.6 Å². The van der Waals surface area contributed by atoms with Crippen molar-refractivity contribution in [3.05, 3.63) is 47.3 Å². The number of rotatable bonds is 5. The maximum atomic E-state index is 12.5. The summed E-state index contributed by atoms with van der Waals surface area (Å²) in [7, 11) is 0. The molecule has 6 heteroatoms. The number of benzene rings is 1. The van der Waals surface area contributed by atoms with E-state index in [1.165, 1.54) is 13.3 Å². The van der Waals surface area contributed by atoms with Crippen LogP contribution in [0.4, 0.5) is 11.6 Å². The molecule has 1 aliphatic carbocycles. The molecule has 0 spiro atoms. The largest absolute Gasteiger partial charge is 0.348 e. The zero-order valence-corrected chi connectivity index (χ0v) is 15.2. The van der Waals surface area contributed by atoms with Crippen LogP contribution in [-0.2, 0) is 0 Å². The first-order chi connectivity index (χ1) is 12.5. The van der Waals surface area contributed by atoms with Crippen LogP contribution in [0.2, 0.25) is 0 Å². The van der Waals surface area contributed by atoms with Crippen molar-refractivity contribution in [2.75, 3.05) is 5.32 Å². The Morgan fingerprint density at radius 2 is 1.73 bits per heavy atom. The fourth-order valence-electron chi connectivity index (χ4n) is 3.16. The summed E-state index contributed by atoms with van der Waals surface area (Å²) in [5, 5.41) is 6.18. The van der Waals surface area contributed by atoms with E-state index in [-0.39, 0.29) is 17.7 Å². The van der Waals surface area contributed by atoms with E-state index in [2.05, 4.69) is 20.6 Å². The van der Waals surface area contributed by atoms with Gasteiger partial charge in [-0.2, -0.15) is 0 Å². The standard InChI is InChI=1S/C20H24N4O2/c1-13-12-18(19(26)22-16-6-4-3-5-7-16)24-20(21-13)23-17-10-8-15(9-11-17)14(2)25/h8-12,16H,3-7H2,1-2H3,(H,22,26)(H,21,23,24). The Morgan fingerprint density at radius 3 is 2.38 bits per heavy atom. The summed E-state index contributed by atoms with van der Waals surface area (Å²) in [4.78, 5) is 32.6. The van der Waals surface area contributed by atoms with Crippen LogP contribution in [0.15, 0.2) is 30.3 Å². The number of aryl methyl sites for hydroxylation is 1. The molecule has 1 aromatic carbocycles. The van der Waals surface area contributed by atoms with E-state index >= 15 is 0 Å². The lowest BCUT2D eigenvalue weighted by Crippen LogP contribution is -2.36. The average molecular weight is 352 g/mol. The van der Waals surface area contributed by atoms with Crippen molar-refractivity contribution in [1.82, 2.24) is 15.3 Å². The van der Waals surface area contributed by atoms with Gasteiger partial charge in [0.05, 0.1) is 0 Å². The molecule has 1 amide bonds. The summed E-state index contributed by atoms with van der Waals surface area (Å²) < 4.78 is 0. The SMILES string of the molecule is CC(=O)c1ccc(Nc2nc(C)cc(C(=O)NC3CCCCC3)n2)cc1. The van der Waals surface area contributed by atoms with Gasteiger partial charge in [-0.25, -0.2) is 9.97 Å². The Balaban J connectivity index is 1.72. The molecule has 1 fully saturated rings. The molecule has 2 N–H and O–H groups in total. The van der Waals surface area contributed by atoms with Crippen molar-refractivity contribution in [3.8, 4) is 0 Å². The molecule has 26 heavy (non-hydrogen) atoms. The van der Waals surface area contributed by atoms with Crippen molar-refractivity contribution < 1.29 is 9.59 Å². The molecule has 136 valence electrons. The highest BCUT2D eigenvalue weighted by atomic mass is 16.2. The third kappa shape index (κ3) is 4.65. The molecule has 6 nitrogen and oxygen atoms in total. The van der Waals surface area contributed by atoms with E-state index in [9.17, 15) is 9.59 Å². The Bertz CT molecular complexity index is 796. The van der Waals surface area contributed by atoms with Gasteiger partial charge in [0.15, 0.2) is 5.78 Å². The number of nitrogens with one attached hydrogen (secondary N) is 2. The summed E-state index contributed by atoms with van der Waals surface area (Å²) in [5.41, 5.74) is 2.50. The molecule has 1 aromatic heterocycles. The monoisotopic (exact) mass is 352 g/mol. The van der Waals surface area contributed by atoms with Crippen LogP contribution in [0.3, 0.4) is 0 Å². The lowest BCUT2D eigenvalue weighted by atomic mass is 9.95. The van der Waals surface area contributed by atoms with Crippen LogP contribution in [0, 0.1) is 6.92 Å². The number of amides is 1. The summed E-state index contributed by atoms with van der Waals surface area (Å²) in [6.45, 7) is 3.37. The molecule has 0 saturated heterocycles. The van der Waals surface area contributed by atoms with Crippen LogP contribution in [0.25, 0.3) is 0 Å². The van der Waals surface area contributed by atoms with Gasteiger partial charge in [-0.1, -0.05) is 19.3 Å². The molecule has 3 rings (SSSR count). The summed E-state index contributed by atoms with van der Waals surface area (Å²) >= 11 is 0. The van der Waals surface area contributed by atoms with Gasteiger partial charge >= 0.3 is 0 Å². The highest BCUT2D eigenvalue weighted by Gasteiger charge is 2.18. The molecule has 0 bridgehead atoms. The van der Waals surface area contributed by atoms with Gasteiger partial charge in [0.1, 0.15) is 5.69 Å². The third-order valence-corrected chi connectivity index (χ3v) is 4.57. The van der Waals surface area contributed by atoms with E-state index in [1.54, 1.807) is 30.3 Å². The topological polar surface area (TPSA) is 84.0 Å². The first kappa shape index (κ1) is 18.0. The van der Waals surface area contributed by atoms with Crippen LogP contribution in [0.5, 0.6) is 0 Å². The highest BCUT2D eigenvalue weighted by molar-refractivity contribution is 5.94. The highest BCUT2D eigenvalue weighted by Crippen LogP contribution is 2.19. The number of ketones is 1. The minimum absolute atomic E-state index is 0.0185. The Morgan fingerprint density at radius 1 is 1.04 bits per heavy atom. The predicted octanol–water partition coefficient (Wildman–Crippen LogP) is 3.79. The van der Waals surface area contributed by atoms with Gasteiger partial charge < -0.3 is 10.6 Å². The maximum Gasteiger partial charge on any atom is 0.270 e. The van der Waals surface area contributed by atoms with E-state index < -0.39 is 0 Å². The Hall–Kier alpha value is -2.76. The molecule has 2 aromatic rings. The van der Waals surface area contributed by atoms with E-state index in [0.717, 1.165) is 37.1 Å². The number of nitrogens with zero attached hydrogens (tertiary/aromatic N) is 2. The number of carbonyl (C=O) groups is 2. The Labute approximate surface area is 153 Å². The fraction of sp³-hybridized carbons (Fsp3) is 0.400. The number of hydrogen-bond acceptors (Lipinski definition) is 5. The van der Waals surface area contributed by atoms with Gasteiger partial charge in [0.2, 0.25) is 5.95 Å². The molecular weight excluding hydrogens is 328 g/mol. The van der Waals surface area contributed by atoms with Gasteiger partial charge in [0.25, 0.3) is 5.91 Å². The molecule has 0 unspecified atom stereocenters. The minimum atomic E-state index is -0.155. The molecule has 0 radical (unpaired) electrons. The second-order valence-electron chi connectivity index (χ2n) is 6.79. The number of aromatic nitrogens is 2. The molecular formula is C20H24N4O2.